The average Bonchev–Trinajstić information content (AvgIpc) is 2.24. The highest BCUT2D eigenvalue weighted by atomic mass is 32.2. The van der Waals surface area contributed by atoms with Crippen LogP contribution in [0, 0.1) is 0 Å². The van der Waals surface area contributed by atoms with Gasteiger partial charge in [0, 0.05) is 6.07 Å². The van der Waals surface area contributed by atoms with Gasteiger partial charge in [0.2, 0.25) is 0 Å². The topological polar surface area (TPSA) is 138 Å². The fourth-order valence-corrected chi connectivity index (χ4v) is 1.57. The molecule has 18 heavy (non-hydrogen) atoms. The number of aliphatic carboxylic acids is 2. The number of hydrogen-bond donors (Lipinski definition) is 3. The predicted molar refractivity (Wildman–Crippen MR) is 55.9 cm³/mol. The second kappa shape index (κ2) is 5.02. The lowest BCUT2D eigenvalue weighted by atomic mass is 10.3. The zero-order valence-corrected chi connectivity index (χ0v) is 9.49. The summed E-state index contributed by atoms with van der Waals surface area (Å²) in [7, 11) is -4.48. The molecule has 0 aliphatic carbocycles. The van der Waals surface area contributed by atoms with Gasteiger partial charge in [0.1, 0.15) is 5.75 Å². The summed E-state index contributed by atoms with van der Waals surface area (Å²) in [6, 6.07) is 4.18. The Labute approximate surface area is 101 Å². The van der Waals surface area contributed by atoms with Crippen molar-refractivity contribution in [1.29, 1.82) is 0 Å². The number of carboxylic acid groups (broad SMARTS) is 2. The first-order valence-electron chi connectivity index (χ1n) is 4.41. The Morgan fingerprint density at radius 1 is 1.17 bits per heavy atom. The molecule has 98 valence electrons. The zero-order valence-electron chi connectivity index (χ0n) is 8.68. The van der Waals surface area contributed by atoms with Gasteiger partial charge in [0.25, 0.3) is 16.2 Å². The number of benzene rings is 1. The normalized spacial score (nSPS) is 11.2. The summed E-state index contributed by atoms with van der Waals surface area (Å²) in [5, 5.41) is 17.1. The number of rotatable bonds is 5. The monoisotopic (exact) mass is 276 g/mol. The molecule has 0 heterocycles. The van der Waals surface area contributed by atoms with Gasteiger partial charge >= 0.3 is 11.9 Å². The number of hydrogen-bond acceptors (Lipinski definition) is 5. The molecule has 1 aromatic rings. The molecule has 8 nitrogen and oxygen atoms in total. The summed E-state index contributed by atoms with van der Waals surface area (Å²) >= 11 is 0. The second-order valence-corrected chi connectivity index (χ2v) is 4.55. The fourth-order valence-electron chi connectivity index (χ4n) is 1.05. The zero-order chi connectivity index (χ0) is 13.9. The highest BCUT2D eigenvalue weighted by Crippen LogP contribution is 2.18. The summed E-state index contributed by atoms with van der Waals surface area (Å²) in [6.07, 6.45) is -2.17. The smallest absolute Gasteiger partial charge is 0.356 e. The first kappa shape index (κ1) is 13.9. The van der Waals surface area contributed by atoms with E-state index in [2.05, 4.69) is 4.74 Å². The van der Waals surface area contributed by atoms with Gasteiger partial charge in [0.05, 0.1) is 4.90 Å². The molecule has 0 radical (unpaired) electrons. The number of ether oxygens (including phenoxy) is 1. The maximum atomic E-state index is 10.8. The highest BCUT2D eigenvalue weighted by Gasteiger charge is 2.28. The third-order valence-corrected chi connectivity index (χ3v) is 2.66. The van der Waals surface area contributed by atoms with E-state index in [4.69, 9.17) is 14.8 Å². The Hall–Kier alpha value is -2.13. The number of carbonyl (C=O) groups is 2. The summed E-state index contributed by atoms with van der Waals surface area (Å²) in [5.41, 5.74) is 0. The molecule has 1 rings (SSSR count). The molecule has 9 heteroatoms. The molecule has 0 saturated heterocycles. The van der Waals surface area contributed by atoms with E-state index < -0.39 is 33.1 Å². The van der Waals surface area contributed by atoms with E-state index in [1.54, 1.807) is 0 Å². The van der Waals surface area contributed by atoms with Crippen LogP contribution in [0.15, 0.2) is 29.2 Å². The predicted octanol–water partition coefficient (Wildman–Crippen LogP) is -0.150. The quantitative estimate of drug-likeness (QED) is 0.498. The van der Waals surface area contributed by atoms with E-state index >= 15 is 0 Å². The van der Waals surface area contributed by atoms with Gasteiger partial charge in [-0.3, -0.25) is 4.55 Å². The van der Waals surface area contributed by atoms with Crippen LogP contribution in [-0.2, 0) is 19.7 Å². The van der Waals surface area contributed by atoms with Crippen molar-refractivity contribution >= 4 is 22.1 Å². The molecule has 0 spiro atoms. The van der Waals surface area contributed by atoms with Crippen molar-refractivity contribution in [1.82, 2.24) is 0 Å². The van der Waals surface area contributed by atoms with E-state index in [0.29, 0.717) is 0 Å². The lowest BCUT2D eigenvalue weighted by Crippen LogP contribution is -2.35. The van der Waals surface area contributed by atoms with Gasteiger partial charge in [0.15, 0.2) is 0 Å². The van der Waals surface area contributed by atoms with E-state index in [0.717, 1.165) is 18.2 Å². The molecular formula is C9H8O8S. The molecule has 0 bridgehead atoms. The Bertz CT molecular complexity index is 562. The summed E-state index contributed by atoms with van der Waals surface area (Å²) in [5.74, 6) is -3.78. The molecule has 0 fully saturated rings. The Morgan fingerprint density at radius 3 is 2.17 bits per heavy atom. The Kier molecular flexibility index (Phi) is 3.89. The molecule has 0 aromatic heterocycles. The lowest BCUT2D eigenvalue weighted by molar-refractivity contribution is -0.159. The largest absolute Gasteiger partial charge is 0.478 e. The number of carboxylic acids is 2. The fraction of sp³-hybridized carbons (Fsp3) is 0.111. The van der Waals surface area contributed by atoms with Crippen molar-refractivity contribution in [2.24, 2.45) is 0 Å². The van der Waals surface area contributed by atoms with E-state index in [1.165, 1.54) is 6.07 Å². The second-order valence-electron chi connectivity index (χ2n) is 3.12. The van der Waals surface area contributed by atoms with Gasteiger partial charge in [-0.2, -0.15) is 8.42 Å². The molecular weight excluding hydrogens is 268 g/mol. The van der Waals surface area contributed by atoms with Gasteiger partial charge in [-0.1, -0.05) is 6.07 Å². The minimum Gasteiger partial charge on any atom is -0.478 e. The standard InChI is InChI=1S/C9H8O8S/c10-8(11)7(9(12)13)17-5-2-1-3-6(4-5)18(14,15)16/h1-4,7H,(H,10,11)(H,12,13)(H,14,15,16). The van der Waals surface area contributed by atoms with Crippen LogP contribution in [0.3, 0.4) is 0 Å². The van der Waals surface area contributed by atoms with Crippen molar-refractivity contribution in [2.75, 3.05) is 0 Å². The lowest BCUT2D eigenvalue weighted by Gasteiger charge is -2.11. The van der Waals surface area contributed by atoms with Crippen molar-refractivity contribution in [3.8, 4) is 5.75 Å². The van der Waals surface area contributed by atoms with Crippen molar-refractivity contribution in [3.63, 3.8) is 0 Å². The van der Waals surface area contributed by atoms with E-state index in [9.17, 15) is 18.0 Å². The molecule has 0 unspecified atom stereocenters. The van der Waals surface area contributed by atoms with Crippen molar-refractivity contribution < 1.29 is 37.5 Å². The summed E-state index contributed by atoms with van der Waals surface area (Å²) in [6.45, 7) is 0. The van der Waals surface area contributed by atoms with Crippen molar-refractivity contribution in [2.45, 2.75) is 11.0 Å². The van der Waals surface area contributed by atoms with Gasteiger partial charge in [-0.15, -0.1) is 0 Å². The van der Waals surface area contributed by atoms with Crippen LogP contribution >= 0.6 is 0 Å². The van der Waals surface area contributed by atoms with E-state index in [1.807, 2.05) is 0 Å². The van der Waals surface area contributed by atoms with Crippen LogP contribution < -0.4 is 4.74 Å². The van der Waals surface area contributed by atoms with Gasteiger partial charge in [-0.25, -0.2) is 9.59 Å². The third-order valence-electron chi connectivity index (χ3n) is 1.81. The van der Waals surface area contributed by atoms with Crippen LogP contribution in [0.2, 0.25) is 0 Å². The van der Waals surface area contributed by atoms with Crippen molar-refractivity contribution in [3.05, 3.63) is 24.3 Å². The van der Waals surface area contributed by atoms with Crippen LogP contribution in [0.5, 0.6) is 5.75 Å². The summed E-state index contributed by atoms with van der Waals surface area (Å²) < 4.78 is 35.0. The maximum absolute atomic E-state index is 10.8. The molecule has 0 aliphatic heterocycles. The third kappa shape index (κ3) is 3.43. The van der Waals surface area contributed by atoms with E-state index in [-0.39, 0.29) is 5.75 Å². The molecule has 1 aromatic carbocycles. The SMILES string of the molecule is O=C(O)C(Oc1cccc(S(=O)(=O)O)c1)C(=O)O. The Balaban J connectivity index is 3.05. The molecule has 0 atom stereocenters. The molecule has 0 aliphatic rings. The van der Waals surface area contributed by atoms with Gasteiger partial charge in [-0.05, 0) is 12.1 Å². The van der Waals surface area contributed by atoms with Crippen LogP contribution in [0.1, 0.15) is 0 Å². The van der Waals surface area contributed by atoms with Crippen LogP contribution in [-0.4, -0.2) is 41.2 Å². The highest BCUT2D eigenvalue weighted by molar-refractivity contribution is 7.85. The van der Waals surface area contributed by atoms with Crippen LogP contribution in [0.4, 0.5) is 0 Å². The van der Waals surface area contributed by atoms with Gasteiger partial charge < -0.3 is 14.9 Å². The molecule has 0 saturated carbocycles. The minimum absolute atomic E-state index is 0.306. The first-order chi connectivity index (χ1) is 8.21. The first-order valence-corrected chi connectivity index (χ1v) is 5.85. The molecule has 0 amide bonds. The molecule has 3 N–H and O–H groups in total. The average molecular weight is 276 g/mol. The van der Waals surface area contributed by atoms with Crippen LogP contribution in [0.25, 0.3) is 0 Å². The minimum atomic E-state index is -4.48. The maximum Gasteiger partial charge on any atom is 0.356 e. The summed E-state index contributed by atoms with van der Waals surface area (Å²) in [4.78, 5) is 20.6. The Morgan fingerprint density at radius 2 is 1.72 bits per heavy atom.